The van der Waals surface area contributed by atoms with Gasteiger partial charge in [-0.15, -0.1) is 11.3 Å². The van der Waals surface area contributed by atoms with Crippen LogP contribution in [0.2, 0.25) is 0 Å². The minimum Gasteiger partial charge on any atom is -0.484 e. The highest BCUT2D eigenvalue weighted by Gasteiger charge is 2.30. The van der Waals surface area contributed by atoms with E-state index in [1.807, 2.05) is 18.2 Å². The fraction of sp³-hybridized carbons (Fsp3) is 0.300. The summed E-state index contributed by atoms with van der Waals surface area (Å²) in [6.45, 7) is -1.34. The van der Waals surface area contributed by atoms with Gasteiger partial charge in [-0.2, -0.15) is 0 Å². The van der Waals surface area contributed by atoms with Crippen LogP contribution in [0.4, 0.5) is 0 Å². The van der Waals surface area contributed by atoms with Crippen molar-refractivity contribution in [1.29, 1.82) is 0 Å². The van der Waals surface area contributed by atoms with Crippen molar-refractivity contribution in [2.24, 2.45) is 0 Å². The first-order valence-corrected chi connectivity index (χ1v) is 9.43. The summed E-state index contributed by atoms with van der Waals surface area (Å²) < 4.78 is 12.2. The zero-order chi connectivity index (χ0) is 20.1. The first-order chi connectivity index (χ1) is 13.5. The molecule has 3 rings (SSSR count). The summed E-state index contributed by atoms with van der Waals surface area (Å²) in [5.41, 5.74) is -1.36. The van der Waals surface area contributed by atoms with E-state index in [4.69, 9.17) is 9.47 Å². The molecule has 0 spiro atoms. The SMILES string of the molecule is COCC(CO)(CO)NC(=O)COc1ccc2sc3ccccc3c(=O)c2c1. The third-order valence-corrected chi connectivity index (χ3v) is 5.50. The van der Waals surface area contributed by atoms with E-state index >= 15 is 0 Å². The van der Waals surface area contributed by atoms with Crippen LogP contribution in [-0.4, -0.2) is 55.2 Å². The average molecular weight is 403 g/mol. The Bertz CT molecular complexity index is 1040. The number of benzene rings is 2. The molecular formula is C20H21NO6S. The Morgan fingerprint density at radius 2 is 1.82 bits per heavy atom. The van der Waals surface area contributed by atoms with Gasteiger partial charge in [0.05, 0.1) is 19.8 Å². The molecule has 1 amide bonds. The maximum absolute atomic E-state index is 12.7. The molecule has 0 bridgehead atoms. The van der Waals surface area contributed by atoms with Gasteiger partial charge in [0.1, 0.15) is 11.3 Å². The highest BCUT2D eigenvalue weighted by Crippen LogP contribution is 2.27. The topological polar surface area (TPSA) is 105 Å². The molecule has 3 N–H and O–H groups in total. The van der Waals surface area contributed by atoms with Crippen LogP contribution < -0.4 is 15.5 Å². The first kappa shape index (κ1) is 20.2. The number of hydrogen-bond donors (Lipinski definition) is 3. The predicted octanol–water partition coefficient (Wildman–Crippen LogP) is 1.28. The zero-order valence-electron chi connectivity index (χ0n) is 15.3. The minimum atomic E-state index is -1.28. The van der Waals surface area contributed by atoms with E-state index in [0.717, 1.165) is 9.40 Å². The summed E-state index contributed by atoms with van der Waals surface area (Å²) >= 11 is 1.51. The van der Waals surface area contributed by atoms with Gasteiger partial charge in [-0.25, -0.2) is 0 Å². The molecule has 1 aromatic heterocycles. The van der Waals surface area contributed by atoms with Crippen molar-refractivity contribution in [2.75, 3.05) is 33.5 Å². The molecule has 0 fully saturated rings. The second-order valence-electron chi connectivity index (χ2n) is 6.45. The van der Waals surface area contributed by atoms with Crippen LogP contribution in [0.25, 0.3) is 20.2 Å². The summed E-state index contributed by atoms with van der Waals surface area (Å²) in [4.78, 5) is 24.9. The van der Waals surface area contributed by atoms with Crippen LogP contribution in [0.1, 0.15) is 0 Å². The van der Waals surface area contributed by atoms with E-state index in [-0.39, 0.29) is 18.6 Å². The van der Waals surface area contributed by atoms with Gasteiger partial charge in [-0.05, 0) is 30.3 Å². The molecule has 1 heterocycles. The molecular weight excluding hydrogens is 382 g/mol. The largest absolute Gasteiger partial charge is 0.484 e. The Kier molecular flexibility index (Phi) is 6.25. The second kappa shape index (κ2) is 8.66. The Morgan fingerprint density at radius 1 is 1.11 bits per heavy atom. The molecule has 28 heavy (non-hydrogen) atoms. The maximum Gasteiger partial charge on any atom is 0.258 e. The Labute approximate surface area is 165 Å². The van der Waals surface area contributed by atoms with Crippen molar-refractivity contribution >= 4 is 37.4 Å². The quantitative estimate of drug-likeness (QED) is 0.490. The summed E-state index contributed by atoms with van der Waals surface area (Å²) in [5, 5.41) is 22.6. The second-order valence-corrected chi connectivity index (χ2v) is 7.54. The van der Waals surface area contributed by atoms with E-state index in [0.29, 0.717) is 16.5 Å². The van der Waals surface area contributed by atoms with E-state index < -0.39 is 24.7 Å². The summed E-state index contributed by atoms with van der Waals surface area (Å²) in [5.74, 6) is -0.142. The number of carbonyl (C=O) groups is 1. The monoisotopic (exact) mass is 403 g/mol. The van der Waals surface area contributed by atoms with E-state index in [1.54, 1.807) is 24.3 Å². The van der Waals surface area contributed by atoms with Crippen LogP contribution >= 0.6 is 11.3 Å². The van der Waals surface area contributed by atoms with Gasteiger partial charge in [0.15, 0.2) is 12.0 Å². The standard InChI is InChI=1S/C20H21NO6S/c1-26-12-20(10-22,11-23)21-18(24)9-27-13-6-7-17-15(8-13)19(25)14-4-2-3-5-16(14)28-17/h2-8,22-23H,9-12H2,1H3,(H,21,24). The lowest BCUT2D eigenvalue weighted by Gasteiger charge is -2.30. The van der Waals surface area contributed by atoms with Crippen molar-refractivity contribution < 1.29 is 24.5 Å². The number of aliphatic hydroxyl groups is 2. The normalized spacial score (nSPS) is 11.7. The predicted molar refractivity (Wildman–Crippen MR) is 108 cm³/mol. The molecule has 3 aromatic rings. The molecule has 0 unspecified atom stereocenters. The van der Waals surface area contributed by atoms with Crippen LogP contribution in [0, 0.1) is 0 Å². The third kappa shape index (κ3) is 4.15. The molecule has 0 aliphatic carbocycles. The lowest BCUT2D eigenvalue weighted by Crippen LogP contribution is -2.58. The Balaban J connectivity index is 1.77. The summed E-state index contributed by atoms with van der Waals surface area (Å²) in [7, 11) is 1.41. The molecule has 2 aromatic carbocycles. The smallest absolute Gasteiger partial charge is 0.258 e. The summed E-state index contributed by atoms with van der Waals surface area (Å²) in [6.07, 6.45) is 0. The number of aliphatic hydroxyl groups excluding tert-OH is 2. The molecule has 148 valence electrons. The van der Waals surface area contributed by atoms with Crippen molar-refractivity contribution in [1.82, 2.24) is 5.32 Å². The number of ether oxygens (including phenoxy) is 2. The lowest BCUT2D eigenvalue weighted by molar-refractivity contribution is -0.127. The number of fused-ring (bicyclic) bond motifs is 2. The van der Waals surface area contributed by atoms with Gasteiger partial charge in [-0.1, -0.05) is 12.1 Å². The average Bonchev–Trinajstić information content (AvgIpc) is 2.72. The number of hydrogen-bond acceptors (Lipinski definition) is 7. The van der Waals surface area contributed by atoms with Gasteiger partial charge in [0.2, 0.25) is 0 Å². The summed E-state index contributed by atoms with van der Waals surface area (Å²) in [6, 6.07) is 12.5. The fourth-order valence-corrected chi connectivity index (χ4v) is 3.94. The number of nitrogens with one attached hydrogen (secondary N) is 1. The van der Waals surface area contributed by atoms with Gasteiger partial charge < -0.3 is 25.0 Å². The highest BCUT2D eigenvalue weighted by atomic mass is 32.1. The van der Waals surface area contributed by atoms with Crippen LogP contribution in [0.15, 0.2) is 47.3 Å². The van der Waals surface area contributed by atoms with Gasteiger partial charge in [0, 0.05) is 27.3 Å². The first-order valence-electron chi connectivity index (χ1n) is 8.62. The Hall–Kier alpha value is -2.52. The van der Waals surface area contributed by atoms with Crippen molar-refractivity contribution in [3.05, 3.63) is 52.7 Å². The molecule has 0 aliphatic rings. The van der Waals surface area contributed by atoms with Crippen molar-refractivity contribution in [2.45, 2.75) is 5.54 Å². The minimum absolute atomic E-state index is 0.0459. The van der Waals surface area contributed by atoms with Gasteiger partial charge >= 0.3 is 0 Å². The number of methoxy groups -OCH3 is 1. The zero-order valence-corrected chi connectivity index (χ0v) is 16.1. The molecule has 8 heteroatoms. The number of carbonyl (C=O) groups excluding carboxylic acids is 1. The molecule has 7 nitrogen and oxygen atoms in total. The third-order valence-electron chi connectivity index (χ3n) is 4.35. The van der Waals surface area contributed by atoms with E-state index in [1.165, 1.54) is 18.4 Å². The molecule has 0 atom stereocenters. The van der Waals surface area contributed by atoms with E-state index in [9.17, 15) is 19.8 Å². The van der Waals surface area contributed by atoms with Crippen LogP contribution in [-0.2, 0) is 9.53 Å². The molecule has 0 saturated heterocycles. The van der Waals surface area contributed by atoms with Crippen molar-refractivity contribution in [3.63, 3.8) is 0 Å². The number of amides is 1. The van der Waals surface area contributed by atoms with Crippen molar-refractivity contribution in [3.8, 4) is 5.75 Å². The fourth-order valence-electron chi connectivity index (χ4n) is 2.89. The Morgan fingerprint density at radius 3 is 2.54 bits per heavy atom. The molecule has 0 radical (unpaired) electrons. The maximum atomic E-state index is 12.7. The van der Waals surface area contributed by atoms with Gasteiger partial charge in [-0.3, -0.25) is 9.59 Å². The molecule has 0 aliphatic heterocycles. The molecule has 0 saturated carbocycles. The number of rotatable bonds is 8. The van der Waals surface area contributed by atoms with E-state index in [2.05, 4.69) is 5.32 Å². The van der Waals surface area contributed by atoms with Gasteiger partial charge in [0.25, 0.3) is 5.91 Å². The van der Waals surface area contributed by atoms with Crippen LogP contribution in [0.5, 0.6) is 5.75 Å². The highest BCUT2D eigenvalue weighted by molar-refractivity contribution is 7.24. The lowest BCUT2D eigenvalue weighted by atomic mass is 10.0. The van der Waals surface area contributed by atoms with Crippen LogP contribution in [0.3, 0.4) is 0 Å².